The molecule has 1 unspecified atom stereocenters. The Labute approximate surface area is 142 Å². The van der Waals surface area contributed by atoms with Crippen LogP contribution in [-0.4, -0.2) is 41.6 Å². The number of nitrogens with zero attached hydrogens (tertiary/aromatic N) is 1. The fraction of sp³-hybridized carbons (Fsp3) is 0.579. The van der Waals surface area contributed by atoms with E-state index in [0.29, 0.717) is 19.5 Å². The zero-order chi connectivity index (χ0) is 17.5. The maximum Gasteiger partial charge on any atom is 0.410 e. The molecule has 2 aliphatic heterocycles. The molecular formula is C19H25NO4. The highest BCUT2D eigenvalue weighted by Gasteiger charge is 2.28. The zero-order valence-corrected chi connectivity index (χ0v) is 14.8. The first-order chi connectivity index (χ1) is 11.2. The van der Waals surface area contributed by atoms with Gasteiger partial charge in [0.15, 0.2) is 11.9 Å². The Hall–Kier alpha value is -2.04. The van der Waals surface area contributed by atoms with E-state index in [4.69, 9.17) is 9.47 Å². The molecule has 0 saturated carbocycles. The molecule has 0 fully saturated rings. The SMILES string of the molecule is CC1Oc2cc3c(cc2CC1=O)CCN(C(=O)OC(C)(C)C)CC3. The van der Waals surface area contributed by atoms with Gasteiger partial charge in [0.1, 0.15) is 11.4 Å². The van der Waals surface area contributed by atoms with Crippen molar-refractivity contribution in [1.82, 2.24) is 4.90 Å². The lowest BCUT2D eigenvalue weighted by Gasteiger charge is -2.26. The van der Waals surface area contributed by atoms with Crippen LogP contribution in [0, 0.1) is 0 Å². The molecule has 1 aromatic rings. The van der Waals surface area contributed by atoms with Crippen LogP contribution in [0.25, 0.3) is 0 Å². The lowest BCUT2D eigenvalue weighted by Crippen LogP contribution is -2.38. The molecule has 0 bridgehead atoms. The normalized spacial score (nSPS) is 20.6. The second kappa shape index (κ2) is 6.11. The number of rotatable bonds is 0. The summed E-state index contributed by atoms with van der Waals surface area (Å²) in [7, 11) is 0. The van der Waals surface area contributed by atoms with Gasteiger partial charge < -0.3 is 14.4 Å². The van der Waals surface area contributed by atoms with E-state index in [2.05, 4.69) is 6.07 Å². The van der Waals surface area contributed by atoms with E-state index in [-0.39, 0.29) is 18.0 Å². The summed E-state index contributed by atoms with van der Waals surface area (Å²) in [6, 6.07) is 4.12. The molecule has 3 rings (SSSR count). The Bertz CT molecular complexity index is 675. The molecule has 0 saturated heterocycles. The highest BCUT2D eigenvalue weighted by molar-refractivity contribution is 5.87. The van der Waals surface area contributed by atoms with Gasteiger partial charge in [0.2, 0.25) is 0 Å². The first kappa shape index (κ1) is 16.8. The Kier molecular flexibility index (Phi) is 4.28. The highest BCUT2D eigenvalue weighted by atomic mass is 16.6. The number of fused-ring (bicyclic) bond motifs is 2. The Morgan fingerprint density at radius 1 is 1.17 bits per heavy atom. The molecule has 0 aliphatic carbocycles. The standard InChI is InChI=1S/C19H25NO4/c1-12-16(21)10-15-9-13-5-7-20(18(22)24-19(2,3)4)8-6-14(13)11-17(15)23-12/h9,11-12H,5-8,10H2,1-4H3. The van der Waals surface area contributed by atoms with Gasteiger partial charge in [0.25, 0.3) is 0 Å². The van der Waals surface area contributed by atoms with Crippen LogP contribution in [0.4, 0.5) is 4.79 Å². The number of ketones is 1. The van der Waals surface area contributed by atoms with E-state index < -0.39 is 5.60 Å². The van der Waals surface area contributed by atoms with Crippen LogP contribution in [0.5, 0.6) is 5.75 Å². The largest absolute Gasteiger partial charge is 0.483 e. The predicted octanol–water partition coefficient (Wildman–Crippen LogP) is 2.91. The fourth-order valence-corrected chi connectivity index (χ4v) is 3.15. The first-order valence-corrected chi connectivity index (χ1v) is 8.55. The molecule has 1 atom stereocenters. The monoisotopic (exact) mass is 331 g/mol. The van der Waals surface area contributed by atoms with Gasteiger partial charge in [-0.15, -0.1) is 0 Å². The van der Waals surface area contributed by atoms with Crippen LogP contribution in [-0.2, 0) is 28.8 Å². The predicted molar refractivity (Wildman–Crippen MR) is 90.5 cm³/mol. The summed E-state index contributed by atoms with van der Waals surface area (Å²) in [5, 5.41) is 0. The van der Waals surface area contributed by atoms with Crippen LogP contribution in [0.3, 0.4) is 0 Å². The Morgan fingerprint density at radius 2 is 1.79 bits per heavy atom. The van der Waals surface area contributed by atoms with E-state index >= 15 is 0 Å². The number of carbonyl (C=O) groups excluding carboxylic acids is 2. The molecule has 2 aliphatic rings. The fourth-order valence-electron chi connectivity index (χ4n) is 3.15. The average Bonchev–Trinajstić information content (AvgIpc) is 2.67. The van der Waals surface area contributed by atoms with Crippen LogP contribution in [0.1, 0.15) is 44.4 Å². The molecule has 0 N–H and O–H groups in total. The van der Waals surface area contributed by atoms with Crippen molar-refractivity contribution >= 4 is 11.9 Å². The molecule has 0 spiro atoms. The number of carbonyl (C=O) groups is 2. The van der Waals surface area contributed by atoms with Gasteiger partial charge in [-0.25, -0.2) is 4.79 Å². The minimum absolute atomic E-state index is 0.117. The Morgan fingerprint density at radius 3 is 2.42 bits per heavy atom. The van der Waals surface area contributed by atoms with Gasteiger partial charge >= 0.3 is 6.09 Å². The molecule has 5 nitrogen and oxygen atoms in total. The van der Waals surface area contributed by atoms with E-state index in [1.54, 1.807) is 11.8 Å². The lowest BCUT2D eigenvalue weighted by atomic mass is 9.94. The van der Waals surface area contributed by atoms with Gasteiger partial charge in [-0.1, -0.05) is 6.07 Å². The second-order valence-electron chi connectivity index (χ2n) is 7.60. The summed E-state index contributed by atoms with van der Waals surface area (Å²) in [6.07, 6.45) is 1.33. The number of hydrogen-bond donors (Lipinski definition) is 0. The van der Waals surface area contributed by atoms with Gasteiger partial charge in [-0.3, -0.25) is 4.79 Å². The molecule has 0 aromatic heterocycles. The molecule has 2 heterocycles. The lowest BCUT2D eigenvalue weighted by molar-refractivity contribution is -0.125. The van der Waals surface area contributed by atoms with E-state index in [1.807, 2.05) is 26.8 Å². The molecule has 5 heteroatoms. The third-order valence-electron chi connectivity index (χ3n) is 4.46. The summed E-state index contributed by atoms with van der Waals surface area (Å²) < 4.78 is 11.2. The van der Waals surface area contributed by atoms with Crippen LogP contribution in [0.15, 0.2) is 12.1 Å². The van der Waals surface area contributed by atoms with Crippen molar-refractivity contribution in [3.63, 3.8) is 0 Å². The van der Waals surface area contributed by atoms with Crippen LogP contribution < -0.4 is 4.74 Å². The van der Waals surface area contributed by atoms with Crippen LogP contribution >= 0.6 is 0 Å². The van der Waals surface area contributed by atoms with Gasteiger partial charge in [-0.2, -0.15) is 0 Å². The summed E-state index contributed by atoms with van der Waals surface area (Å²) in [5.41, 5.74) is 2.87. The summed E-state index contributed by atoms with van der Waals surface area (Å²) in [4.78, 5) is 25.9. The molecule has 1 aromatic carbocycles. The topological polar surface area (TPSA) is 55.8 Å². The summed E-state index contributed by atoms with van der Waals surface area (Å²) in [5.74, 6) is 0.929. The van der Waals surface area contributed by atoms with E-state index in [9.17, 15) is 9.59 Å². The van der Waals surface area contributed by atoms with Gasteiger partial charge in [0, 0.05) is 25.1 Å². The van der Waals surface area contributed by atoms with Crippen molar-refractivity contribution in [1.29, 1.82) is 0 Å². The summed E-state index contributed by atoms with van der Waals surface area (Å²) >= 11 is 0. The molecule has 24 heavy (non-hydrogen) atoms. The van der Waals surface area contributed by atoms with Crippen molar-refractivity contribution in [3.05, 3.63) is 28.8 Å². The Balaban J connectivity index is 1.77. The second-order valence-corrected chi connectivity index (χ2v) is 7.60. The number of amides is 1. The third-order valence-corrected chi connectivity index (χ3v) is 4.46. The van der Waals surface area contributed by atoms with Crippen molar-refractivity contribution in [2.75, 3.05) is 13.1 Å². The minimum atomic E-state index is -0.486. The molecule has 130 valence electrons. The van der Waals surface area contributed by atoms with Crippen LogP contribution in [0.2, 0.25) is 0 Å². The number of benzene rings is 1. The van der Waals surface area contributed by atoms with Crippen molar-refractivity contribution in [2.24, 2.45) is 0 Å². The maximum atomic E-state index is 12.3. The van der Waals surface area contributed by atoms with Crippen molar-refractivity contribution in [2.45, 2.75) is 58.7 Å². The van der Waals surface area contributed by atoms with Crippen molar-refractivity contribution < 1.29 is 19.1 Å². The minimum Gasteiger partial charge on any atom is -0.483 e. The number of Topliss-reactive ketones (excluding diaryl/α,β-unsaturated/α-hetero) is 1. The average molecular weight is 331 g/mol. The smallest absolute Gasteiger partial charge is 0.410 e. The summed E-state index contributed by atoms with van der Waals surface area (Å²) in [6.45, 7) is 8.69. The highest BCUT2D eigenvalue weighted by Crippen LogP contribution is 2.31. The van der Waals surface area contributed by atoms with Gasteiger partial charge in [0.05, 0.1) is 0 Å². The zero-order valence-electron chi connectivity index (χ0n) is 14.8. The van der Waals surface area contributed by atoms with E-state index in [0.717, 1.165) is 24.2 Å². The third kappa shape index (κ3) is 3.55. The van der Waals surface area contributed by atoms with E-state index in [1.165, 1.54) is 11.1 Å². The van der Waals surface area contributed by atoms with Crippen molar-refractivity contribution in [3.8, 4) is 5.75 Å². The maximum absolute atomic E-state index is 12.3. The molecular weight excluding hydrogens is 306 g/mol. The number of ether oxygens (including phenoxy) is 2. The molecule has 0 radical (unpaired) electrons. The first-order valence-electron chi connectivity index (χ1n) is 8.55. The quantitative estimate of drug-likeness (QED) is 0.733. The van der Waals surface area contributed by atoms with Gasteiger partial charge in [-0.05, 0) is 57.7 Å². The number of hydrogen-bond acceptors (Lipinski definition) is 4. The molecule has 1 amide bonds.